The van der Waals surface area contributed by atoms with Crippen molar-refractivity contribution in [3.05, 3.63) is 35.4 Å². The van der Waals surface area contributed by atoms with Gasteiger partial charge in [0.25, 0.3) is 0 Å². The lowest BCUT2D eigenvalue weighted by Gasteiger charge is -2.28. The summed E-state index contributed by atoms with van der Waals surface area (Å²) in [5.74, 6) is 0.721. The van der Waals surface area contributed by atoms with Gasteiger partial charge in [-0.3, -0.25) is 0 Å². The predicted molar refractivity (Wildman–Crippen MR) is 93.8 cm³/mol. The SMILES string of the molecule is CCCc1ccc(C(CN(CC)CC(C)C)NCC)cc1. The molecule has 1 aromatic rings. The summed E-state index contributed by atoms with van der Waals surface area (Å²) in [4.78, 5) is 2.55. The van der Waals surface area contributed by atoms with Crippen LogP contribution in [0.15, 0.2) is 24.3 Å². The van der Waals surface area contributed by atoms with Gasteiger partial charge in [0.1, 0.15) is 0 Å². The van der Waals surface area contributed by atoms with Crippen molar-refractivity contribution in [1.82, 2.24) is 10.2 Å². The van der Waals surface area contributed by atoms with Crippen molar-refractivity contribution >= 4 is 0 Å². The molecule has 0 heterocycles. The molecule has 0 radical (unpaired) electrons. The summed E-state index contributed by atoms with van der Waals surface area (Å²) in [6, 6.07) is 9.64. The first kappa shape index (κ1) is 18.2. The maximum atomic E-state index is 3.65. The Labute approximate surface area is 131 Å². The average Bonchev–Trinajstić information content (AvgIpc) is 2.46. The van der Waals surface area contributed by atoms with E-state index in [9.17, 15) is 0 Å². The second-order valence-electron chi connectivity index (χ2n) is 6.35. The minimum Gasteiger partial charge on any atom is -0.309 e. The molecule has 0 amide bonds. The number of rotatable bonds is 10. The molecule has 1 unspecified atom stereocenters. The molecule has 0 saturated heterocycles. The third kappa shape index (κ3) is 6.62. The van der Waals surface area contributed by atoms with Gasteiger partial charge < -0.3 is 10.2 Å². The zero-order valence-electron chi connectivity index (χ0n) is 14.7. The van der Waals surface area contributed by atoms with Crippen LogP contribution in [-0.4, -0.2) is 31.1 Å². The van der Waals surface area contributed by atoms with E-state index in [2.05, 4.69) is 69.1 Å². The van der Waals surface area contributed by atoms with Gasteiger partial charge in [0, 0.05) is 19.1 Å². The Balaban J connectivity index is 2.74. The monoisotopic (exact) mass is 290 g/mol. The van der Waals surface area contributed by atoms with Gasteiger partial charge >= 0.3 is 0 Å². The zero-order valence-corrected chi connectivity index (χ0v) is 14.7. The van der Waals surface area contributed by atoms with Gasteiger partial charge in [-0.15, -0.1) is 0 Å². The molecule has 120 valence electrons. The molecule has 0 aromatic heterocycles. The minimum absolute atomic E-state index is 0.435. The first-order valence-corrected chi connectivity index (χ1v) is 8.65. The zero-order chi connectivity index (χ0) is 15.7. The molecular weight excluding hydrogens is 256 g/mol. The van der Waals surface area contributed by atoms with Crippen LogP contribution in [-0.2, 0) is 6.42 Å². The van der Waals surface area contributed by atoms with E-state index in [1.807, 2.05) is 0 Å². The lowest BCUT2D eigenvalue weighted by Crippen LogP contribution is -2.37. The molecule has 0 aliphatic rings. The average molecular weight is 290 g/mol. The molecule has 0 aliphatic heterocycles. The summed E-state index contributed by atoms with van der Waals surface area (Å²) in [6.07, 6.45) is 2.40. The molecule has 0 aliphatic carbocycles. The van der Waals surface area contributed by atoms with Crippen LogP contribution in [0, 0.1) is 5.92 Å². The van der Waals surface area contributed by atoms with Gasteiger partial charge in [0.15, 0.2) is 0 Å². The highest BCUT2D eigenvalue weighted by Gasteiger charge is 2.15. The van der Waals surface area contributed by atoms with Crippen molar-refractivity contribution in [2.45, 2.75) is 53.5 Å². The van der Waals surface area contributed by atoms with Crippen LogP contribution >= 0.6 is 0 Å². The van der Waals surface area contributed by atoms with E-state index < -0.39 is 0 Å². The predicted octanol–water partition coefficient (Wildman–Crippen LogP) is 4.27. The molecule has 1 aromatic carbocycles. The summed E-state index contributed by atoms with van der Waals surface area (Å²) >= 11 is 0. The number of hydrogen-bond donors (Lipinski definition) is 1. The van der Waals surface area contributed by atoms with Gasteiger partial charge in [-0.2, -0.15) is 0 Å². The standard InChI is InChI=1S/C19H34N2/c1-6-9-17-10-12-18(13-11-17)19(20-7-2)15-21(8-3)14-16(4)5/h10-13,16,19-20H,6-9,14-15H2,1-5H3. The Morgan fingerprint density at radius 3 is 2.14 bits per heavy atom. The van der Waals surface area contributed by atoms with Crippen LogP contribution < -0.4 is 5.32 Å². The minimum atomic E-state index is 0.435. The van der Waals surface area contributed by atoms with Crippen molar-refractivity contribution in [1.29, 1.82) is 0 Å². The number of nitrogens with zero attached hydrogens (tertiary/aromatic N) is 1. The molecule has 0 spiro atoms. The van der Waals surface area contributed by atoms with E-state index in [0.29, 0.717) is 6.04 Å². The molecule has 0 saturated carbocycles. The molecule has 1 rings (SSSR count). The topological polar surface area (TPSA) is 15.3 Å². The van der Waals surface area contributed by atoms with Crippen LogP contribution in [0.4, 0.5) is 0 Å². The molecule has 1 atom stereocenters. The third-order valence-corrected chi connectivity index (χ3v) is 3.88. The van der Waals surface area contributed by atoms with Gasteiger partial charge in [0.05, 0.1) is 0 Å². The normalized spacial score (nSPS) is 13.1. The lowest BCUT2D eigenvalue weighted by molar-refractivity contribution is 0.229. The molecule has 0 bridgehead atoms. The van der Waals surface area contributed by atoms with Crippen LogP contribution in [0.3, 0.4) is 0 Å². The number of nitrogens with one attached hydrogen (secondary N) is 1. The summed E-state index contributed by atoms with van der Waals surface area (Å²) < 4.78 is 0. The summed E-state index contributed by atoms with van der Waals surface area (Å²) in [6.45, 7) is 15.7. The van der Waals surface area contributed by atoms with E-state index in [4.69, 9.17) is 0 Å². The highest BCUT2D eigenvalue weighted by Crippen LogP contribution is 2.17. The quantitative estimate of drug-likeness (QED) is 0.692. The van der Waals surface area contributed by atoms with Gasteiger partial charge in [0.2, 0.25) is 0 Å². The first-order chi connectivity index (χ1) is 10.1. The Hall–Kier alpha value is -0.860. The molecular formula is C19H34N2. The fraction of sp³-hybridized carbons (Fsp3) is 0.684. The van der Waals surface area contributed by atoms with Crippen molar-refractivity contribution in [3.8, 4) is 0 Å². The number of hydrogen-bond acceptors (Lipinski definition) is 2. The Morgan fingerprint density at radius 2 is 1.67 bits per heavy atom. The lowest BCUT2D eigenvalue weighted by atomic mass is 10.0. The molecule has 1 N–H and O–H groups in total. The second-order valence-corrected chi connectivity index (χ2v) is 6.35. The molecule has 2 heteroatoms. The van der Waals surface area contributed by atoms with E-state index in [0.717, 1.165) is 25.6 Å². The Kier molecular flexibility index (Phi) is 8.63. The Morgan fingerprint density at radius 1 is 1.00 bits per heavy atom. The van der Waals surface area contributed by atoms with E-state index >= 15 is 0 Å². The maximum Gasteiger partial charge on any atom is 0.0449 e. The molecule has 2 nitrogen and oxygen atoms in total. The first-order valence-electron chi connectivity index (χ1n) is 8.65. The third-order valence-electron chi connectivity index (χ3n) is 3.88. The van der Waals surface area contributed by atoms with E-state index in [1.165, 1.54) is 30.5 Å². The summed E-state index contributed by atoms with van der Waals surface area (Å²) in [5.41, 5.74) is 2.87. The second kappa shape index (κ2) is 9.97. The summed E-state index contributed by atoms with van der Waals surface area (Å²) in [5, 5.41) is 3.65. The van der Waals surface area contributed by atoms with E-state index in [-0.39, 0.29) is 0 Å². The fourth-order valence-corrected chi connectivity index (χ4v) is 2.85. The van der Waals surface area contributed by atoms with Gasteiger partial charge in [-0.1, -0.05) is 65.3 Å². The van der Waals surface area contributed by atoms with Gasteiger partial charge in [-0.25, -0.2) is 0 Å². The van der Waals surface area contributed by atoms with Crippen molar-refractivity contribution in [2.75, 3.05) is 26.2 Å². The van der Waals surface area contributed by atoms with Crippen LogP contribution in [0.1, 0.15) is 58.2 Å². The number of benzene rings is 1. The van der Waals surface area contributed by atoms with Crippen molar-refractivity contribution < 1.29 is 0 Å². The molecule has 21 heavy (non-hydrogen) atoms. The Bertz CT molecular complexity index is 370. The highest BCUT2D eigenvalue weighted by atomic mass is 15.1. The summed E-state index contributed by atoms with van der Waals surface area (Å²) in [7, 11) is 0. The smallest absolute Gasteiger partial charge is 0.0449 e. The van der Waals surface area contributed by atoms with Crippen LogP contribution in [0.25, 0.3) is 0 Å². The maximum absolute atomic E-state index is 3.65. The highest BCUT2D eigenvalue weighted by molar-refractivity contribution is 5.25. The van der Waals surface area contributed by atoms with Gasteiger partial charge in [-0.05, 0) is 36.6 Å². The van der Waals surface area contributed by atoms with Crippen molar-refractivity contribution in [2.24, 2.45) is 5.92 Å². The van der Waals surface area contributed by atoms with Crippen LogP contribution in [0.2, 0.25) is 0 Å². The number of aryl methyl sites for hydroxylation is 1. The van der Waals surface area contributed by atoms with Crippen molar-refractivity contribution in [3.63, 3.8) is 0 Å². The van der Waals surface area contributed by atoms with Crippen LogP contribution in [0.5, 0.6) is 0 Å². The largest absolute Gasteiger partial charge is 0.309 e. The van der Waals surface area contributed by atoms with E-state index in [1.54, 1.807) is 0 Å². The molecule has 0 fully saturated rings. The number of likely N-dealkylation sites (N-methyl/N-ethyl adjacent to an activating group) is 2. The fourth-order valence-electron chi connectivity index (χ4n) is 2.85.